The van der Waals surface area contributed by atoms with Gasteiger partial charge in [0.05, 0.1) is 19.5 Å². The van der Waals surface area contributed by atoms with Crippen molar-refractivity contribution < 1.29 is 19.1 Å². The molecule has 7 heteroatoms. The second-order valence-electron chi connectivity index (χ2n) is 5.43. The number of carbonyl (C=O) groups is 2. The van der Waals surface area contributed by atoms with Crippen molar-refractivity contribution in [1.29, 1.82) is 0 Å². The van der Waals surface area contributed by atoms with Gasteiger partial charge in [-0.25, -0.2) is 0 Å². The Morgan fingerprint density at radius 1 is 1.21 bits per heavy atom. The number of furan rings is 1. The molecule has 24 heavy (non-hydrogen) atoms. The predicted molar refractivity (Wildman–Crippen MR) is 90.8 cm³/mol. The lowest BCUT2D eigenvalue weighted by Gasteiger charge is -2.14. The van der Waals surface area contributed by atoms with Gasteiger partial charge in [0.1, 0.15) is 11.5 Å². The number of carbonyl (C=O) groups excluding carboxylic acids is 1. The molecule has 0 bridgehead atoms. The van der Waals surface area contributed by atoms with Crippen LogP contribution >= 0.6 is 11.6 Å². The second kappa shape index (κ2) is 8.52. The molecule has 0 spiro atoms. The molecule has 2 rings (SSSR count). The van der Waals surface area contributed by atoms with Gasteiger partial charge >= 0.3 is 5.97 Å². The topological polar surface area (TPSA) is 82.8 Å². The van der Waals surface area contributed by atoms with Crippen molar-refractivity contribution in [2.24, 2.45) is 0 Å². The Morgan fingerprint density at radius 2 is 1.92 bits per heavy atom. The number of amides is 1. The number of benzene rings is 1. The average Bonchev–Trinajstić information content (AvgIpc) is 3.00. The molecule has 0 fully saturated rings. The molecule has 0 saturated heterocycles. The fourth-order valence-electron chi connectivity index (χ4n) is 2.09. The minimum atomic E-state index is -0.882. The maximum Gasteiger partial charge on any atom is 0.304 e. The molecule has 0 saturated carbocycles. The Kier molecular flexibility index (Phi) is 6.40. The summed E-state index contributed by atoms with van der Waals surface area (Å²) in [7, 11) is 1.70. The first-order valence-electron chi connectivity index (χ1n) is 7.46. The number of nitrogens with one attached hydrogen (secondary N) is 1. The van der Waals surface area contributed by atoms with Crippen molar-refractivity contribution in [1.82, 2.24) is 10.2 Å². The highest BCUT2D eigenvalue weighted by molar-refractivity contribution is 6.30. The van der Waals surface area contributed by atoms with Crippen molar-refractivity contribution in [2.75, 3.05) is 20.1 Å². The van der Waals surface area contributed by atoms with Gasteiger partial charge in [-0.2, -0.15) is 0 Å². The standard InChI is InChI=1S/C17H19ClN2O4/c1-20(9-8-17(22)23)11-16(21)19-10-14-6-7-15(24-14)12-2-4-13(18)5-3-12/h2-7H,8-11H2,1H3,(H,19,21)(H,22,23). The zero-order valence-corrected chi connectivity index (χ0v) is 14.0. The largest absolute Gasteiger partial charge is 0.481 e. The Hall–Kier alpha value is -2.31. The van der Waals surface area contributed by atoms with Crippen molar-refractivity contribution in [3.05, 3.63) is 47.2 Å². The highest BCUT2D eigenvalue weighted by atomic mass is 35.5. The molecular weight excluding hydrogens is 332 g/mol. The van der Waals surface area contributed by atoms with Crippen molar-refractivity contribution >= 4 is 23.5 Å². The van der Waals surface area contributed by atoms with E-state index in [2.05, 4.69) is 5.32 Å². The maximum atomic E-state index is 11.8. The summed E-state index contributed by atoms with van der Waals surface area (Å²) in [6.07, 6.45) is 0.00637. The molecule has 0 radical (unpaired) electrons. The maximum absolute atomic E-state index is 11.8. The van der Waals surface area contributed by atoms with E-state index < -0.39 is 5.97 Å². The van der Waals surface area contributed by atoms with Crippen LogP contribution in [0.15, 0.2) is 40.8 Å². The SMILES string of the molecule is CN(CCC(=O)O)CC(=O)NCc1ccc(-c2ccc(Cl)cc2)o1. The molecule has 1 amide bonds. The van der Waals surface area contributed by atoms with E-state index in [1.165, 1.54) is 0 Å². The summed E-state index contributed by atoms with van der Waals surface area (Å²) in [6.45, 7) is 0.738. The van der Waals surface area contributed by atoms with Crippen LogP contribution in [0.2, 0.25) is 5.02 Å². The Bertz CT molecular complexity index is 697. The summed E-state index contributed by atoms with van der Waals surface area (Å²) in [5, 5.41) is 12.0. The van der Waals surface area contributed by atoms with Gasteiger partial charge in [-0.1, -0.05) is 11.6 Å². The van der Waals surface area contributed by atoms with Crippen LogP contribution in [0.3, 0.4) is 0 Å². The molecule has 2 aromatic rings. The number of hydrogen-bond donors (Lipinski definition) is 2. The zero-order valence-electron chi connectivity index (χ0n) is 13.3. The number of halogens is 1. The lowest BCUT2D eigenvalue weighted by molar-refractivity contribution is -0.137. The number of hydrogen-bond acceptors (Lipinski definition) is 4. The van der Waals surface area contributed by atoms with Gasteiger partial charge in [0.25, 0.3) is 0 Å². The Labute approximate surface area is 145 Å². The first-order chi connectivity index (χ1) is 11.4. The molecule has 1 aromatic heterocycles. The lowest BCUT2D eigenvalue weighted by Crippen LogP contribution is -2.35. The minimum Gasteiger partial charge on any atom is -0.481 e. The summed E-state index contributed by atoms with van der Waals surface area (Å²) in [5.41, 5.74) is 0.908. The van der Waals surface area contributed by atoms with E-state index in [0.29, 0.717) is 23.1 Å². The molecule has 0 aliphatic heterocycles. The molecule has 1 aromatic carbocycles. The summed E-state index contributed by atoms with van der Waals surface area (Å²) < 4.78 is 5.69. The molecule has 0 unspecified atom stereocenters. The van der Waals surface area contributed by atoms with Gasteiger partial charge in [0.2, 0.25) is 5.91 Å². The first kappa shape index (κ1) is 18.0. The van der Waals surface area contributed by atoms with Crippen LogP contribution in [0.25, 0.3) is 11.3 Å². The third kappa shape index (κ3) is 5.72. The zero-order chi connectivity index (χ0) is 17.5. The van der Waals surface area contributed by atoms with Crippen molar-refractivity contribution in [3.63, 3.8) is 0 Å². The molecule has 1 heterocycles. The second-order valence-corrected chi connectivity index (χ2v) is 5.87. The summed E-state index contributed by atoms with van der Waals surface area (Å²) in [6, 6.07) is 10.9. The molecule has 6 nitrogen and oxygen atoms in total. The van der Waals surface area contributed by atoms with Crippen LogP contribution in [0.5, 0.6) is 0 Å². The molecule has 128 valence electrons. The number of likely N-dealkylation sites (N-methyl/N-ethyl adjacent to an activating group) is 1. The van der Waals surface area contributed by atoms with E-state index in [0.717, 1.165) is 5.56 Å². The highest BCUT2D eigenvalue weighted by Crippen LogP contribution is 2.23. The molecule has 2 N–H and O–H groups in total. The van der Waals surface area contributed by atoms with Crippen LogP contribution in [-0.4, -0.2) is 42.0 Å². The van der Waals surface area contributed by atoms with E-state index in [-0.39, 0.29) is 25.4 Å². The van der Waals surface area contributed by atoms with Crippen LogP contribution in [0, 0.1) is 0 Å². The fraction of sp³-hybridized carbons (Fsp3) is 0.294. The number of nitrogens with zero attached hydrogens (tertiary/aromatic N) is 1. The van der Waals surface area contributed by atoms with Gasteiger partial charge in [-0.3, -0.25) is 14.5 Å². The molecule has 0 aliphatic rings. The quantitative estimate of drug-likeness (QED) is 0.764. The molecular formula is C17H19ClN2O4. The highest BCUT2D eigenvalue weighted by Gasteiger charge is 2.10. The van der Waals surface area contributed by atoms with E-state index in [1.807, 2.05) is 18.2 Å². The van der Waals surface area contributed by atoms with Crippen LogP contribution in [-0.2, 0) is 16.1 Å². The number of carboxylic acids is 1. The van der Waals surface area contributed by atoms with E-state index in [9.17, 15) is 9.59 Å². The van der Waals surface area contributed by atoms with E-state index >= 15 is 0 Å². The third-order valence-corrected chi connectivity index (χ3v) is 3.62. The molecule has 0 atom stereocenters. The van der Waals surface area contributed by atoms with Gasteiger partial charge < -0.3 is 14.8 Å². The summed E-state index contributed by atoms with van der Waals surface area (Å²) >= 11 is 5.86. The summed E-state index contributed by atoms with van der Waals surface area (Å²) in [4.78, 5) is 24.0. The first-order valence-corrected chi connectivity index (χ1v) is 7.83. The van der Waals surface area contributed by atoms with Gasteiger partial charge in [0, 0.05) is 17.1 Å². The predicted octanol–water partition coefficient (Wildman–Crippen LogP) is 2.62. The molecule has 0 aliphatic carbocycles. The van der Waals surface area contributed by atoms with Gasteiger partial charge in [-0.05, 0) is 43.4 Å². The normalized spacial score (nSPS) is 10.8. The van der Waals surface area contributed by atoms with Gasteiger partial charge in [-0.15, -0.1) is 0 Å². The van der Waals surface area contributed by atoms with Crippen LogP contribution in [0.1, 0.15) is 12.2 Å². The monoisotopic (exact) mass is 350 g/mol. The Balaban J connectivity index is 1.81. The number of aliphatic carboxylic acids is 1. The smallest absolute Gasteiger partial charge is 0.304 e. The van der Waals surface area contributed by atoms with Crippen molar-refractivity contribution in [3.8, 4) is 11.3 Å². The van der Waals surface area contributed by atoms with Crippen LogP contribution < -0.4 is 5.32 Å². The number of carboxylic acid groups (broad SMARTS) is 1. The number of rotatable bonds is 8. The van der Waals surface area contributed by atoms with Crippen LogP contribution in [0.4, 0.5) is 0 Å². The fourth-order valence-corrected chi connectivity index (χ4v) is 2.22. The lowest BCUT2D eigenvalue weighted by atomic mass is 10.2. The van der Waals surface area contributed by atoms with Crippen molar-refractivity contribution in [2.45, 2.75) is 13.0 Å². The van der Waals surface area contributed by atoms with Gasteiger partial charge in [0.15, 0.2) is 0 Å². The minimum absolute atomic E-state index is 0.00637. The van der Waals surface area contributed by atoms with E-state index in [1.54, 1.807) is 30.1 Å². The van der Waals surface area contributed by atoms with E-state index in [4.69, 9.17) is 21.1 Å². The average molecular weight is 351 g/mol. The summed E-state index contributed by atoms with van der Waals surface area (Å²) in [5.74, 6) is 0.274. The Morgan fingerprint density at radius 3 is 2.58 bits per heavy atom. The third-order valence-electron chi connectivity index (χ3n) is 3.37.